The number of ether oxygens (including phenoxy) is 2. The van der Waals surface area contributed by atoms with Gasteiger partial charge in [0.05, 0.1) is 13.2 Å². The number of hydrogen-bond acceptors (Lipinski definition) is 2. The van der Waals surface area contributed by atoms with E-state index in [4.69, 9.17) is 9.47 Å². The van der Waals surface area contributed by atoms with Crippen molar-refractivity contribution in [1.29, 1.82) is 0 Å². The lowest BCUT2D eigenvalue weighted by atomic mass is 9.69. The van der Waals surface area contributed by atoms with Crippen molar-refractivity contribution in [2.45, 2.75) is 194 Å². The normalized spacial score (nSPS) is 12.6. The summed E-state index contributed by atoms with van der Waals surface area (Å²) in [6, 6.07) is 35.2. The summed E-state index contributed by atoms with van der Waals surface area (Å²) in [5, 5.41) is 0. The van der Waals surface area contributed by atoms with Gasteiger partial charge in [0.15, 0.2) is 0 Å². The van der Waals surface area contributed by atoms with Crippen LogP contribution in [0.25, 0.3) is 22.3 Å². The van der Waals surface area contributed by atoms with Crippen LogP contribution in [0.5, 0.6) is 11.5 Å². The summed E-state index contributed by atoms with van der Waals surface area (Å²) in [7, 11) is 0. The Bertz CT molecular complexity index is 1740. The van der Waals surface area contributed by atoms with Crippen LogP contribution in [0.15, 0.2) is 106 Å². The topological polar surface area (TPSA) is 18.5 Å². The van der Waals surface area contributed by atoms with Crippen LogP contribution >= 0.6 is 31.9 Å². The third kappa shape index (κ3) is 18.7. The highest BCUT2D eigenvalue weighted by atomic mass is 79.9. The lowest BCUT2D eigenvalue weighted by Gasteiger charge is -2.33. The SMILES string of the molecule is CCCCCCCCCCCCCCCCOc1ccc(C2=C(c3ccc(Br)cc3)C(c3ccc(OCCCCCCCCCCCCCCCC)cc3)=C2c2ccc(Br)cc2)cc1. The molecule has 0 bridgehead atoms. The number of rotatable bonds is 36. The minimum atomic E-state index is 0.775. The van der Waals surface area contributed by atoms with Gasteiger partial charge < -0.3 is 9.47 Å². The van der Waals surface area contributed by atoms with E-state index in [1.54, 1.807) is 0 Å². The quantitative estimate of drug-likeness (QED) is 0.0423. The fourth-order valence-electron chi connectivity index (χ4n) is 9.23. The Morgan fingerprint density at radius 3 is 0.703 bits per heavy atom. The van der Waals surface area contributed by atoms with Crippen molar-refractivity contribution >= 4 is 54.2 Å². The molecule has 1 aliphatic carbocycles. The van der Waals surface area contributed by atoms with Gasteiger partial charge in [-0.1, -0.05) is 261 Å². The van der Waals surface area contributed by atoms with E-state index in [9.17, 15) is 0 Å². The Balaban J connectivity index is 1.12. The number of benzene rings is 4. The summed E-state index contributed by atoms with van der Waals surface area (Å²) >= 11 is 7.37. The van der Waals surface area contributed by atoms with E-state index in [1.165, 1.54) is 211 Å². The van der Waals surface area contributed by atoms with E-state index in [-0.39, 0.29) is 0 Å². The van der Waals surface area contributed by atoms with Crippen LogP contribution in [-0.2, 0) is 0 Å². The number of unbranched alkanes of at least 4 members (excludes halogenated alkanes) is 26. The smallest absolute Gasteiger partial charge is 0.119 e. The Morgan fingerprint density at radius 2 is 0.469 bits per heavy atom. The van der Waals surface area contributed by atoms with Crippen molar-refractivity contribution in [2.24, 2.45) is 0 Å². The van der Waals surface area contributed by atoms with Crippen molar-refractivity contribution in [3.05, 3.63) is 128 Å². The molecule has 1 aliphatic rings. The first-order chi connectivity index (χ1) is 31.6. The average molecular weight is 995 g/mol. The maximum atomic E-state index is 6.28. The van der Waals surface area contributed by atoms with Gasteiger partial charge in [-0.2, -0.15) is 0 Å². The molecule has 0 saturated heterocycles. The first kappa shape index (κ1) is 51.9. The highest BCUT2D eigenvalue weighted by molar-refractivity contribution is 9.10. The number of allylic oxidation sites excluding steroid dienone is 4. The van der Waals surface area contributed by atoms with E-state index in [2.05, 4.69) is 143 Å². The molecule has 0 radical (unpaired) electrons. The molecule has 0 fully saturated rings. The van der Waals surface area contributed by atoms with E-state index < -0.39 is 0 Å². The molecule has 348 valence electrons. The van der Waals surface area contributed by atoms with Crippen molar-refractivity contribution in [2.75, 3.05) is 13.2 Å². The Labute approximate surface area is 407 Å². The maximum absolute atomic E-state index is 6.28. The van der Waals surface area contributed by atoms with Gasteiger partial charge in [0, 0.05) is 8.95 Å². The largest absolute Gasteiger partial charge is 0.494 e. The van der Waals surface area contributed by atoms with Gasteiger partial charge in [-0.05, 0) is 106 Å². The molecule has 5 rings (SSSR count). The molecule has 0 aromatic heterocycles. The zero-order valence-corrected chi connectivity index (χ0v) is 43.2. The Morgan fingerprint density at radius 1 is 0.266 bits per heavy atom. The molecule has 0 saturated carbocycles. The Hall–Kier alpha value is -3.08. The fraction of sp³-hybridized carbons (Fsp3) is 0.533. The molecule has 4 aromatic carbocycles. The van der Waals surface area contributed by atoms with Gasteiger partial charge in [-0.3, -0.25) is 0 Å². The second-order valence-corrected chi connectivity index (χ2v) is 20.3. The van der Waals surface area contributed by atoms with Gasteiger partial charge in [0.2, 0.25) is 0 Å². The summed E-state index contributed by atoms with van der Waals surface area (Å²) in [5.41, 5.74) is 9.94. The predicted molar refractivity (Wildman–Crippen MR) is 286 cm³/mol. The maximum Gasteiger partial charge on any atom is 0.119 e. The van der Waals surface area contributed by atoms with Crippen LogP contribution < -0.4 is 9.47 Å². The predicted octanol–water partition coefficient (Wildman–Crippen LogP) is 20.5. The van der Waals surface area contributed by atoms with Gasteiger partial charge in [0.25, 0.3) is 0 Å². The van der Waals surface area contributed by atoms with Crippen LogP contribution in [0.3, 0.4) is 0 Å². The molecule has 0 heterocycles. The first-order valence-electron chi connectivity index (χ1n) is 26.1. The lowest BCUT2D eigenvalue weighted by molar-refractivity contribution is 0.304. The van der Waals surface area contributed by atoms with Gasteiger partial charge in [-0.25, -0.2) is 0 Å². The third-order valence-corrected chi connectivity index (χ3v) is 14.1. The van der Waals surface area contributed by atoms with Crippen LogP contribution in [0, 0.1) is 0 Å². The highest BCUT2D eigenvalue weighted by Gasteiger charge is 2.33. The highest BCUT2D eigenvalue weighted by Crippen LogP contribution is 2.56. The average Bonchev–Trinajstić information content (AvgIpc) is 3.31. The molecule has 64 heavy (non-hydrogen) atoms. The Kier molecular flexibility index (Phi) is 25.8. The third-order valence-electron chi connectivity index (χ3n) is 13.1. The zero-order valence-electron chi connectivity index (χ0n) is 40.0. The summed E-state index contributed by atoms with van der Waals surface area (Å²) in [5.74, 6) is 1.89. The second kappa shape index (κ2) is 31.8. The molecule has 0 N–H and O–H groups in total. The van der Waals surface area contributed by atoms with Gasteiger partial charge >= 0.3 is 0 Å². The van der Waals surface area contributed by atoms with E-state index >= 15 is 0 Å². The van der Waals surface area contributed by atoms with Crippen LogP contribution in [-0.4, -0.2) is 13.2 Å². The lowest BCUT2D eigenvalue weighted by Crippen LogP contribution is -2.10. The van der Waals surface area contributed by atoms with Crippen molar-refractivity contribution in [1.82, 2.24) is 0 Å². The van der Waals surface area contributed by atoms with Crippen molar-refractivity contribution < 1.29 is 9.47 Å². The number of hydrogen-bond donors (Lipinski definition) is 0. The van der Waals surface area contributed by atoms with E-state index in [1.807, 2.05) is 0 Å². The summed E-state index contributed by atoms with van der Waals surface area (Å²) in [6.45, 7) is 6.14. The second-order valence-electron chi connectivity index (χ2n) is 18.5. The molecule has 2 nitrogen and oxygen atoms in total. The molecular formula is C60H82Br2O2. The van der Waals surface area contributed by atoms with Crippen LogP contribution in [0.2, 0.25) is 0 Å². The standard InChI is InChI=1S/C60H82Br2O2/c1-3-5-7-9-11-13-15-17-19-21-23-25-27-29-47-63-55-43-35-51(36-44-55)59-57(49-31-39-53(61)40-32-49)60(58(59)50-33-41-54(62)42-34-50)52-37-45-56(46-38-52)64-48-30-28-26-24-22-20-18-16-14-12-10-8-6-4-2/h31-46H,3-30,47-48H2,1-2H3. The van der Waals surface area contributed by atoms with E-state index in [0.29, 0.717) is 0 Å². The fourth-order valence-corrected chi connectivity index (χ4v) is 9.76. The molecule has 0 spiro atoms. The summed E-state index contributed by atoms with van der Waals surface area (Å²) in [4.78, 5) is 0. The zero-order chi connectivity index (χ0) is 44.9. The molecule has 4 aromatic rings. The summed E-state index contributed by atoms with van der Waals surface area (Å²) in [6.07, 6.45) is 38.3. The molecule has 0 amide bonds. The summed E-state index contributed by atoms with van der Waals surface area (Å²) < 4.78 is 14.7. The molecular weight excluding hydrogens is 912 g/mol. The van der Waals surface area contributed by atoms with Crippen molar-refractivity contribution in [3.63, 3.8) is 0 Å². The molecule has 4 heteroatoms. The molecule has 0 aliphatic heterocycles. The monoisotopic (exact) mass is 992 g/mol. The van der Waals surface area contributed by atoms with Gasteiger partial charge in [-0.15, -0.1) is 0 Å². The van der Waals surface area contributed by atoms with Crippen molar-refractivity contribution in [3.8, 4) is 11.5 Å². The van der Waals surface area contributed by atoms with Crippen LogP contribution in [0.1, 0.15) is 216 Å². The molecule has 0 unspecified atom stereocenters. The minimum absolute atomic E-state index is 0.775. The van der Waals surface area contributed by atoms with Crippen LogP contribution in [0.4, 0.5) is 0 Å². The molecule has 0 atom stereocenters. The first-order valence-corrected chi connectivity index (χ1v) is 27.6. The van der Waals surface area contributed by atoms with E-state index in [0.717, 1.165) is 46.5 Å². The number of halogens is 2. The van der Waals surface area contributed by atoms with Gasteiger partial charge in [0.1, 0.15) is 11.5 Å². The minimum Gasteiger partial charge on any atom is -0.494 e.